The van der Waals surface area contributed by atoms with E-state index in [1.165, 1.54) is 0 Å². The minimum atomic E-state index is -0.826. The lowest BCUT2D eigenvalue weighted by molar-refractivity contribution is -0.167. The fourth-order valence-electron chi connectivity index (χ4n) is 5.00. The lowest BCUT2D eigenvalue weighted by atomic mass is 10.1. The van der Waals surface area contributed by atoms with Gasteiger partial charge in [0.2, 0.25) is 0 Å². The quantitative estimate of drug-likeness (QED) is 0.0210. The van der Waals surface area contributed by atoms with Gasteiger partial charge in [-0.15, -0.1) is 0 Å². The van der Waals surface area contributed by atoms with Crippen molar-refractivity contribution in [2.45, 2.75) is 155 Å². The summed E-state index contributed by atoms with van der Waals surface area (Å²) >= 11 is 0. The summed E-state index contributed by atoms with van der Waals surface area (Å²) < 4.78 is 16.6. The average molecular weight is 759 g/mol. The van der Waals surface area contributed by atoms with Crippen LogP contribution in [0.15, 0.2) is 122 Å². The molecule has 6 heteroatoms. The van der Waals surface area contributed by atoms with Gasteiger partial charge in [0, 0.05) is 19.3 Å². The highest BCUT2D eigenvalue weighted by Crippen LogP contribution is 2.11. The highest BCUT2D eigenvalue weighted by atomic mass is 16.6. The average Bonchev–Trinajstić information content (AvgIpc) is 3.18. The summed E-state index contributed by atoms with van der Waals surface area (Å²) in [5.74, 6) is -1.06. The number of carbonyl (C=O) groups is 3. The van der Waals surface area contributed by atoms with Crippen LogP contribution in [0.4, 0.5) is 0 Å². The molecule has 0 fully saturated rings. The molecular weight excluding hydrogens is 685 g/mol. The fourth-order valence-corrected chi connectivity index (χ4v) is 5.00. The van der Waals surface area contributed by atoms with Gasteiger partial charge in [-0.2, -0.15) is 0 Å². The Morgan fingerprint density at radius 3 is 1.31 bits per heavy atom. The summed E-state index contributed by atoms with van der Waals surface area (Å²) in [5, 5.41) is 0. The lowest BCUT2D eigenvalue weighted by Gasteiger charge is -2.18. The number of esters is 3. The molecule has 0 bridgehead atoms. The second-order valence-corrected chi connectivity index (χ2v) is 13.3. The smallest absolute Gasteiger partial charge is 0.306 e. The first-order valence-electron chi connectivity index (χ1n) is 21.1. The first-order chi connectivity index (χ1) is 27.0. The van der Waals surface area contributed by atoms with Crippen LogP contribution < -0.4 is 0 Å². The van der Waals surface area contributed by atoms with Crippen LogP contribution in [0.5, 0.6) is 0 Å². The van der Waals surface area contributed by atoms with E-state index in [4.69, 9.17) is 14.2 Å². The van der Waals surface area contributed by atoms with Crippen LogP contribution >= 0.6 is 0 Å². The van der Waals surface area contributed by atoms with Gasteiger partial charge in [0.15, 0.2) is 6.10 Å². The minimum absolute atomic E-state index is 0.127. The maximum absolute atomic E-state index is 12.7. The topological polar surface area (TPSA) is 78.9 Å². The van der Waals surface area contributed by atoms with Crippen molar-refractivity contribution in [1.29, 1.82) is 0 Å². The normalized spacial score (nSPS) is 13.3. The molecule has 0 N–H and O–H groups in total. The number of hydrogen-bond donors (Lipinski definition) is 0. The summed E-state index contributed by atoms with van der Waals surface area (Å²) in [6.45, 7) is 6.09. The molecule has 1 atom stereocenters. The number of allylic oxidation sites excluding steroid dienone is 20. The molecule has 0 amide bonds. The number of rotatable bonds is 35. The number of unbranched alkanes of at least 4 members (excludes halogenated alkanes) is 9. The van der Waals surface area contributed by atoms with Crippen molar-refractivity contribution >= 4 is 17.9 Å². The Morgan fingerprint density at radius 2 is 0.764 bits per heavy atom. The fraction of sp³-hybridized carbons (Fsp3) is 0.531. The molecule has 0 aromatic heterocycles. The van der Waals surface area contributed by atoms with Crippen LogP contribution in [0.25, 0.3) is 0 Å². The van der Waals surface area contributed by atoms with E-state index in [9.17, 15) is 14.4 Å². The molecule has 6 nitrogen and oxygen atoms in total. The van der Waals surface area contributed by atoms with Crippen molar-refractivity contribution in [2.24, 2.45) is 0 Å². The van der Waals surface area contributed by atoms with Crippen molar-refractivity contribution in [1.82, 2.24) is 0 Å². The molecule has 0 saturated carbocycles. The lowest BCUT2D eigenvalue weighted by Crippen LogP contribution is -2.30. The minimum Gasteiger partial charge on any atom is -0.462 e. The number of ether oxygens (including phenoxy) is 3. The van der Waals surface area contributed by atoms with Crippen LogP contribution in [-0.4, -0.2) is 37.2 Å². The summed E-state index contributed by atoms with van der Waals surface area (Å²) in [5.41, 5.74) is 0. The molecule has 0 saturated heterocycles. The van der Waals surface area contributed by atoms with Crippen molar-refractivity contribution in [3.63, 3.8) is 0 Å². The largest absolute Gasteiger partial charge is 0.462 e. The Morgan fingerprint density at radius 1 is 0.382 bits per heavy atom. The van der Waals surface area contributed by atoms with Gasteiger partial charge in [-0.1, -0.05) is 168 Å². The van der Waals surface area contributed by atoms with Gasteiger partial charge in [0.05, 0.1) is 0 Å². The van der Waals surface area contributed by atoms with Gasteiger partial charge in [-0.3, -0.25) is 14.4 Å². The van der Waals surface area contributed by atoms with E-state index in [0.717, 1.165) is 103 Å². The molecule has 0 aliphatic rings. The third-order valence-electron chi connectivity index (χ3n) is 8.10. The molecule has 0 aromatic rings. The second-order valence-electron chi connectivity index (χ2n) is 13.3. The predicted molar refractivity (Wildman–Crippen MR) is 233 cm³/mol. The molecule has 0 radical (unpaired) electrons. The highest BCUT2D eigenvalue weighted by molar-refractivity contribution is 5.71. The molecule has 55 heavy (non-hydrogen) atoms. The molecule has 0 rings (SSSR count). The third-order valence-corrected chi connectivity index (χ3v) is 8.10. The summed E-state index contributed by atoms with van der Waals surface area (Å²) in [7, 11) is 0. The molecular formula is C49H74O6. The van der Waals surface area contributed by atoms with E-state index < -0.39 is 6.10 Å². The van der Waals surface area contributed by atoms with E-state index in [0.29, 0.717) is 12.8 Å². The molecule has 0 aliphatic heterocycles. The van der Waals surface area contributed by atoms with Crippen LogP contribution in [0.2, 0.25) is 0 Å². The summed E-state index contributed by atoms with van der Waals surface area (Å²) in [6, 6.07) is 0. The second kappa shape index (κ2) is 42.6. The van der Waals surface area contributed by atoms with Crippen LogP contribution in [0, 0.1) is 0 Å². The van der Waals surface area contributed by atoms with E-state index in [2.05, 4.69) is 99.8 Å². The van der Waals surface area contributed by atoms with Crippen molar-refractivity contribution < 1.29 is 28.6 Å². The number of carbonyl (C=O) groups excluding carboxylic acids is 3. The van der Waals surface area contributed by atoms with Crippen LogP contribution in [-0.2, 0) is 28.6 Å². The van der Waals surface area contributed by atoms with Crippen molar-refractivity contribution in [2.75, 3.05) is 13.2 Å². The standard InChI is InChI=1S/C49H74O6/c1-4-7-10-13-16-19-22-24-27-30-33-36-39-42-48(51)54-45-46(44-53-47(50)41-38-35-32-29-26-21-18-15-12-9-6-3)55-49(52)43-40-37-34-31-28-25-23-20-17-14-11-8-5-2/h7-14,16-24,27,29,32,46H,4-6,15,25-26,28,30-31,33-45H2,1-3H3/b10-7-,11-8-,12-9-,16-13-,17-14-,21-18-,22-19-,23-20-,27-24-,32-29-. The predicted octanol–water partition coefficient (Wildman–Crippen LogP) is 13.4. The highest BCUT2D eigenvalue weighted by Gasteiger charge is 2.19. The summed E-state index contributed by atoms with van der Waals surface area (Å²) in [6.07, 6.45) is 57.6. The number of hydrogen-bond acceptors (Lipinski definition) is 6. The van der Waals surface area contributed by atoms with Gasteiger partial charge >= 0.3 is 17.9 Å². The van der Waals surface area contributed by atoms with Gasteiger partial charge in [0.25, 0.3) is 0 Å². The Kier molecular flexibility index (Phi) is 39.3. The van der Waals surface area contributed by atoms with Gasteiger partial charge in [-0.25, -0.2) is 0 Å². The van der Waals surface area contributed by atoms with Crippen LogP contribution in [0.3, 0.4) is 0 Å². The zero-order valence-corrected chi connectivity index (χ0v) is 34.6. The molecule has 0 aliphatic carbocycles. The Bertz CT molecular complexity index is 1240. The molecule has 1 unspecified atom stereocenters. The molecule has 0 aromatic carbocycles. The molecule has 0 spiro atoms. The zero-order valence-electron chi connectivity index (χ0n) is 34.6. The zero-order chi connectivity index (χ0) is 40.1. The van der Waals surface area contributed by atoms with Crippen molar-refractivity contribution in [3.05, 3.63) is 122 Å². The van der Waals surface area contributed by atoms with Gasteiger partial charge in [-0.05, 0) is 83.5 Å². The maximum atomic E-state index is 12.7. The van der Waals surface area contributed by atoms with Crippen molar-refractivity contribution in [3.8, 4) is 0 Å². The molecule has 306 valence electrons. The van der Waals surface area contributed by atoms with Crippen LogP contribution in [0.1, 0.15) is 149 Å². The maximum Gasteiger partial charge on any atom is 0.306 e. The monoisotopic (exact) mass is 759 g/mol. The first kappa shape index (κ1) is 50.8. The van der Waals surface area contributed by atoms with Gasteiger partial charge < -0.3 is 14.2 Å². The Labute approximate surface area is 335 Å². The van der Waals surface area contributed by atoms with E-state index >= 15 is 0 Å². The Hall–Kier alpha value is -4.19. The van der Waals surface area contributed by atoms with E-state index in [-0.39, 0.29) is 44.0 Å². The first-order valence-corrected chi connectivity index (χ1v) is 21.1. The van der Waals surface area contributed by atoms with E-state index in [1.807, 2.05) is 42.5 Å². The Balaban J connectivity index is 4.59. The summed E-state index contributed by atoms with van der Waals surface area (Å²) in [4.78, 5) is 37.6. The molecule has 0 heterocycles. The van der Waals surface area contributed by atoms with Gasteiger partial charge in [0.1, 0.15) is 13.2 Å². The SMILES string of the molecule is CC\C=C/C=C\C=C/C=C\CCCCCC(=O)OCC(COC(=O)CCC/C=C\C/C=C\C/C=C\CC)OC(=O)CCCCCCC\C=C/C=C\C=C/CC. The van der Waals surface area contributed by atoms with E-state index in [1.54, 1.807) is 0 Å². The third kappa shape index (κ3) is 40.8.